The largest absolute Gasteiger partial charge is 0.399 e. The fourth-order valence-electron chi connectivity index (χ4n) is 1.80. The Morgan fingerprint density at radius 2 is 1.67 bits per heavy atom. The minimum atomic E-state index is -3.58. The summed E-state index contributed by atoms with van der Waals surface area (Å²) >= 11 is 11.8. The molecule has 0 aliphatic heterocycles. The van der Waals surface area contributed by atoms with Crippen molar-refractivity contribution in [3.63, 3.8) is 0 Å². The van der Waals surface area contributed by atoms with Crippen LogP contribution in [0, 0.1) is 0 Å². The van der Waals surface area contributed by atoms with Gasteiger partial charge in [0.25, 0.3) is 0 Å². The number of benzene rings is 2. The minimum Gasteiger partial charge on any atom is -0.399 e. The Hall–Kier alpha value is -1.27. The topological polar surface area (TPSA) is 63.4 Å². The van der Waals surface area contributed by atoms with E-state index in [1.54, 1.807) is 30.3 Å². The fraction of sp³-hybridized carbons (Fsp3) is 0.143. The van der Waals surface area contributed by atoms with Gasteiger partial charge in [-0.3, -0.25) is 0 Å². The first kappa shape index (κ1) is 16.1. The molecule has 0 fully saturated rings. The first-order chi connectivity index (χ1) is 9.80. The molecule has 7 heteroatoms. The third-order valence-corrected chi connectivity index (χ3v) is 5.53. The molecule has 0 radical (unpaired) electrons. The van der Waals surface area contributed by atoms with Crippen LogP contribution in [0.5, 0.6) is 0 Å². The molecular weight excluding hydrogens is 331 g/mol. The Kier molecular flexibility index (Phi) is 4.78. The zero-order valence-electron chi connectivity index (χ0n) is 11.3. The van der Waals surface area contributed by atoms with Gasteiger partial charge < -0.3 is 5.73 Å². The summed E-state index contributed by atoms with van der Waals surface area (Å²) < 4.78 is 26.1. The first-order valence-electron chi connectivity index (χ1n) is 6.06. The molecule has 0 aliphatic carbocycles. The fourth-order valence-corrected chi connectivity index (χ4v) is 3.28. The lowest BCUT2D eigenvalue weighted by Gasteiger charge is -2.17. The van der Waals surface area contributed by atoms with E-state index in [4.69, 9.17) is 28.9 Å². The molecule has 0 unspecified atom stereocenters. The molecule has 2 aromatic rings. The molecule has 112 valence electrons. The van der Waals surface area contributed by atoms with Crippen molar-refractivity contribution in [2.24, 2.45) is 0 Å². The number of anilines is 1. The SMILES string of the molecule is CN(Cc1ccc(Cl)c(Cl)c1)S(=O)(=O)c1ccc(N)cc1. The Morgan fingerprint density at radius 1 is 1.05 bits per heavy atom. The molecule has 0 amide bonds. The van der Waals surface area contributed by atoms with Gasteiger partial charge in [0.2, 0.25) is 10.0 Å². The van der Waals surface area contributed by atoms with Crippen LogP contribution in [0.25, 0.3) is 0 Å². The molecular formula is C14H14Cl2N2O2S. The van der Waals surface area contributed by atoms with Crippen LogP contribution < -0.4 is 5.73 Å². The predicted molar refractivity (Wildman–Crippen MR) is 86.0 cm³/mol. The summed E-state index contributed by atoms with van der Waals surface area (Å²) in [6.07, 6.45) is 0. The van der Waals surface area contributed by atoms with Crippen molar-refractivity contribution in [1.82, 2.24) is 4.31 Å². The number of nitrogens with zero attached hydrogens (tertiary/aromatic N) is 1. The van der Waals surface area contributed by atoms with E-state index in [1.165, 1.54) is 23.5 Å². The van der Waals surface area contributed by atoms with E-state index in [9.17, 15) is 8.42 Å². The van der Waals surface area contributed by atoms with Crippen molar-refractivity contribution in [3.8, 4) is 0 Å². The molecule has 0 saturated heterocycles. The maximum atomic E-state index is 12.4. The van der Waals surface area contributed by atoms with E-state index in [0.717, 1.165) is 5.56 Å². The Morgan fingerprint density at radius 3 is 2.24 bits per heavy atom. The highest BCUT2D eigenvalue weighted by Gasteiger charge is 2.20. The molecule has 0 atom stereocenters. The first-order valence-corrected chi connectivity index (χ1v) is 8.26. The minimum absolute atomic E-state index is 0.194. The van der Waals surface area contributed by atoms with Crippen LogP contribution >= 0.6 is 23.2 Å². The average Bonchev–Trinajstić information content (AvgIpc) is 2.43. The van der Waals surface area contributed by atoms with Gasteiger partial charge in [0.1, 0.15) is 0 Å². The van der Waals surface area contributed by atoms with E-state index in [0.29, 0.717) is 15.7 Å². The van der Waals surface area contributed by atoms with Crippen molar-refractivity contribution in [1.29, 1.82) is 0 Å². The van der Waals surface area contributed by atoms with E-state index >= 15 is 0 Å². The van der Waals surface area contributed by atoms with E-state index in [1.807, 2.05) is 0 Å². The van der Waals surface area contributed by atoms with Crippen molar-refractivity contribution in [2.75, 3.05) is 12.8 Å². The normalized spacial score (nSPS) is 11.8. The van der Waals surface area contributed by atoms with Crippen LogP contribution in [0.2, 0.25) is 10.0 Å². The summed E-state index contributed by atoms with van der Waals surface area (Å²) in [6, 6.07) is 11.1. The van der Waals surface area contributed by atoms with Crippen LogP contribution in [0.15, 0.2) is 47.4 Å². The molecule has 0 bridgehead atoms. The van der Waals surface area contributed by atoms with Crippen LogP contribution in [0.4, 0.5) is 5.69 Å². The predicted octanol–water partition coefficient (Wildman–Crippen LogP) is 3.40. The summed E-state index contributed by atoms with van der Waals surface area (Å²) in [7, 11) is -2.07. The van der Waals surface area contributed by atoms with Crippen LogP contribution in [-0.2, 0) is 16.6 Å². The summed E-state index contributed by atoms with van der Waals surface area (Å²) in [5.74, 6) is 0. The maximum Gasteiger partial charge on any atom is 0.243 e. The van der Waals surface area contributed by atoms with Crippen molar-refractivity contribution in [3.05, 3.63) is 58.1 Å². The van der Waals surface area contributed by atoms with Crippen LogP contribution in [0.3, 0.4) is 0 Å². The summed E-state index contributed by atoms with van der Waals surface area (Å²) in [5, 5.41) is 0.830. The second-order valence-corrected chi connectivity index (χ2v) is 7.44. The van der Waals surface area contributed by atoms with E-state index in [-0.39, 0.29) is 11.4 Å². The molecule has 0 aromatic heterocycles. The highest BCUT2D eigenvalue weighted by atomic mass is 35.5. The summed E-state index contributed by atoms with van der Waals surface area (Å²) in [4.78, 5) is 0.194. The highest BCUT2D eigenvalue weighted by Crippen LogP contribution is 2.24. The Bertz CT molecular complexity index is 746. The number of halogens is 2. The molecule has 21 heavy (non-hydrogen) atoms. The number of nitrogen functional groups attached to an aromatic ring is 1. The Labute approximate surface area is 134 Å². The molecule has 2 N–H and O–H groups in total. The second-order valence-electron chi connectivity index (χ2n) is 4.58. The summed E-state index contributed by atoms with van der Waals surface area (Å²) in [5.41, 5.74) is 6.84. The Balaban J connectivity index is 2.24. The van der Waals surface area contributed by atoms with Crippen molar-refractivity contribution < 1.29 is 8.42 Å². The third-order valence-electron chi connectivity index (χ3n) is 2.98. The number of sulfonamides is 1. The zero-order chi connectivity index (χ0) is 15.6. The number of nitrogens with two attached hydrogens (primary N) is 1. The quantitative estimate of drug-likeness (QED) is 0.864. The molecule has 0 saturated carbocycles. The maximum absolute atomic E-state index is 12.4. The smallest absolute Gasteiger partial charge is 0.243 e. The second kappa shape index (κ2) is 6.23. The van der Waals surface area contributed by atoms with Gasteiger partial charge in [0.15, 0.2) is 0 Å². The molecule has 0 aliphatic rings. The third kappa shape index (κ3) is 3.68. The molecule has 0 spiro atoms. The average molecular weight is 345 g/mol. The van der Waals surface area contributed by atoms with Gasteiger partial charge in [-0.05, 0) is 42.0 Å². The zero-order valence-corrected chi connectivity index (χ0v) is 13.6. The molecule has 4 nitrogen and oxygen atoms in total. The monoisotopic (exact) mass is 344 g/mol. The molecule has 2 aromatic carbocycles. The molecule has 0 heterocycles. The van der Waals surface area contributed by atoms with Crippen LogP contribution in [0.1, 0.15) is 5.56 Å². The van der Waals surface area contributed by atoms with Gasteiger partial charge >= 0.3 is 0 Å². The lowest BCUT2D eigenvalue weighted by Crippen LogP contribution is -2.26. The van der Waals surface area contributed by atoms with E-state index in [2.05, 4.69) is 0 Å². The number of rotatable bonds is 4. The van der Waals surface area contributed by atoms with Gasteiger partial charge in [-0.25, -0.2) is 8.42 Å². The van der Waals surface area contributed by atoms with Gasteiger partial charge in [-0.15, -0.1) is 0 Å². The van der Waals surface area contributed by atoms with Gasteiger partial charge in [-0.1, -0.05) is 29.3 Å². The lowest BCUT2D eigenvalue weighted by molar-refractivity contribution is 0.467. The van der Waals surface area contributed by atoms with Gasteiger partial charge in [-0.2, -0.15) is 4.31 Å². The van der Waals surface area contributed by atoms with E-state index < -0.39 is 10.0 Å². The van der Waals surface area contributed by atoms with Crippen molar-refractivity contribution >= 4 is 38.9 Å². The standard InChI is InChI=1S/C14H14Cl2N2O2S/c1-18(9-10-2-7-13(15)14(16)8-10)21(19,20)12-5-3-11(17)4-6-12/h2-8H,9,17H2,1H3. The highest BCUT2D eigenvalue weighted by molar-refractivity contribution is 7.89. The number of hydrogen-bond acceptors (Lipinski definition) is 3. The molecule has 2 rings (SSSR count). The van der Waals surface area contributed by atoms with Crippen LogP contribution in [-0.4, -0.2) is 19.8 Å². The number of hydrogen-bond donors (Lipinski definition) is 1. The van der Waals surface area contributed by atoms with Gasteiger partial charge in [0.05, 0.1) is 14.9 Å². The van der Waals surface area contributed by atoms with Crippen molar-refractivity contribution in [2.45, 2.75) is 11.4 Å². The van der Waals surface area contributed by atoms with Gasteiger partial charge in [0, 0.05) is 19.3 Å². The summed E-state index contributed by atoms with van der Waals surface area (Å²) in [6.45, 7) is 0.198. The lowest BCUT2D eigenvalue weighted by atomic mass is 10.2.